The number of carbonyl (C=O) groups is 1. The van der Waals surface area contributed by atoms with Gasteiger partial charge in [0.05, 0.1) is 29.9 Å². The van der Waals surface area contributed by atoms with Crippen LogP contribution in [0.5, 0.6) is 5.88 Å². The lowest BCUT2D eigenvalue weighted by Gasteiger charge is -2.29. The van der Waals surface area contributed by atoms with Gasteiger partial charge in [0.1, 0.15) is 12.9 Å². The molecule has 9 nitrogen and oxygen atoms in total. The van der Waals surface area contributed by atoms with Crippen molar-refractivity contribution >= 4 is 11.4 Å². The van der Waals surface area contributed by atoms with Crippen LogP contribution in [0.25, 0.3) is 16.9 Å². The van der Waals surface area contributed by atoms with E-state index in [9.17, 15) is 4.79 Å². The van der Waals surface area contributed by atoms with Gasteiger partial charge in [-0.3, -0.25) is 9.78 Å². The standard InChI is InChI=1S/C24H24N6O3/c1-16-6-7-17(13-25-16)22-27-19-8-10-29(14-18(19)23(28-22)33-12-11-32-2)24(31)21-20-5-3-4-9-30(20)15-26-21/h3-7,9,13,15H,8,10-12,14H2,1-2H3. The van der Waals surface area contributed by atoms with E-state index in [0.29, 0.717) is 50.1 Å². The zero-order valence-electron chi connectivity index (χ0n) is 18.6. The third kappa shape index (κ3) is 4.14. The van der Waals surface area contributed by atoms with Crippen LogP contribution in [0, 0.1) is 6.92 Å². The molecule has 0 saturated carbocycles. The van der Waals surface area contributed by atoms with Crippen molar-refractivity contribution in [3.05, 3.63) is 71.7 Å². The van der Waals surface area contributed by atoms with Gasteiger partial charge in [0.15, 0.2) is 11.5 Å². The van der Waals surface area contributed by atoms with Crippen molar-refractivity contribution in [1.82, 2.24) is 29.2 Å². The highest BCUT2D eigenvalue weighted by Gasteiger charge is 2.29. The zero-order valence-corrected chi connectivity index (χ0v) is 18.6. The van der Waals surface area contributed by atoms with Crippen LogP contribution in [0.3, 0.4) is 0 Å². The molecular weight excluding hydrogens is 420 g/mol. The van der Waals surface area contributed by atoms with Gasteiger partial charge in [0, 0.05) is 43.7 Å². The van der Waals surface area contributed by atoms with Crippen LogP contribution in [0.15, 0.2) is 49.1 Å². The summed E-state index contributed by atoms with van der Waals surface area (Å²) in [5.74, 6) is 0.914. The summed E-state index contributed by atoms with van der Waals surface area (Å²) >= 11 is 0. The topological polar surface area (TPSA) is 94.7 Å². The van der Waals surface area contributed by atoms with Crippen molar-refractivity contribution in [2.75, 3.05) is 26.9 Å². The van der Waals surface area contributed by atoms with Crippen LogP contribution in [0.4, 0.5) is 0 Å². The summed E-state index contributed by atoms with van der Waals surface area (Å²) in [4.78, 5) is 33.3. The summed E-state index contributed by atoms with van der Waals surface area (Å²) in [5.41, 5.74) is 4.66. The second kappa shape index (κ2) is 8.95. The molecule has 0 saturated heterocycles. The van der Waals surface area contributed by atoms with E-state index in [2.05, 4.69) is 15.0 Å². The number of methoxy groups -OCH3 is 1. The van der Waals surface area contributed by atoms with Gasteiger partial charge in [0.25, 0.3) is 5.91 Å². The highest BCUT2D eigenvalue weighted by Crippen LogP contribution is 2.29. The predicted octanol–water partition coefficient (Wildman–Crippen LogP) is 2.72. The van der Waals surface area contributed by atoms with E-state index in [4.69, 9.17) is 14.5 Å². The quantitative estimate of drug-likeness (QED) is 0.422. The van der Waals surface area contributed by atoms with Gasteiger partial charge in [-0.15, -0.1) is 0 Å². The molecule has 5 rings (SSSR count). The van der Waals surface area contributed by atoms with Crippen LogP contribution in [-0.4, -0.2) is 62.0 Å². The van der Waals surface area contributed by atoms with Crippen LogP contribution >= 0.6 is 0 Å². The number of imidazole rings is 1. The van der Waals surface area contributed by atoms with Crippen molar-refractivity contribution in [2.45, 2.75) is 19.9 Å². The van der Waals surface area contributed by atoms with E-state index in [1.807, 2.05) is 47.9 Å². The average molecular weight is 444 g/mol. The number of pyridine rings is 2. The van der Waals surface area contributed by atoms with Crippen LogP contribution in [0.2, 0.25) is 0 Å². The number of carbonyl (C=O) groups excluding carboxylic acids is 1. The molecule has 1 amide bonds. The number of nitrogens with zero attached hydrogens (tertiary/aromatic N) is 6. The van der Waals surface area contributed by atoms with Gasteiger partial charge in [0.2, 0.25) is 5.88 Å². The molecule has 1 aliphatic rings. The second-order valence-corrected chi connectivity index (χ2v) is 7.87. The molecule has 9 heteroatoms. The minimum atomic E-state index is -0.121. The maximum Gasteiger partial charge on any atom is 0.275 e. The zero-order chi connectivity index (χ0) is 22.8. The smallest absolute Gasteiger partial charge is 0.275 e. The van der Waals surface area contributed by atoms with Crippen LogP contribution < -0.4 is 4.74 Å². The lowest BCUT2D eigenvalue weighted by molar-refractivity contribution is 0.0726. The minimum absolute atomic E-state index is 0.121. The third-order valence-electron chi connectivity index (χ3n) is 5.65. The average Bonchev–Trinajstić information content (AvgIpc) is 3.28. The summed E-state index contributed by atoms with van der Waals surface area (Å²) in [6.07, 6.45) is 5.90. The third-order valence-corrected chi connectivity index (χ3v) is 5.65. The lowest BCUT2D eigenvalue weighted by Crippen LogP contribution is -2.37. The molecule has 0 unspecified atom stereocenters. The van der Waals surface area contributed by atoms with Gasteiger partial charge < -0.3 is 18.8 Å². The van der Waals surface area contributed by atoms with Crippen molar-refractivity contribution in [3.63, 3.8) is 0 Å². The van der Waals surface area contributed by atoms with Crippen LogP contribution in [0.1, 0.15) is 27.4 Å². The van der Waals surface area contributed by atoms with Crippen molar-refractivity contribution < 1.29 is 14.3 Å². The summed E-state index contributed by atoms with van der Waals surface area (Å²) < 4.78 is 12.9. The largest absolute Gasteiger partial charge is 0.475 e. The van der Waals surface area contributed by atoms with Crippen molar-refractivity contribution in [3.8, 4) is 17.3 Å². The number of amides is 1. The van der Waals surface area contributed by atoms with Crippen molar-refractivity contribution in [1.29, 1.82) is 0 Å². The van der Waals surface area contributed by atoms with Gasteiger partial charge in [-0.25, -0.2) is 9.97 Å². The first-order valence-corrected chi connectivity index (χ1v) is 10.8. The Morgan fingerprint density at radius 2 is 2.03 bits per heavy atom. The molecule has 5 heterocycles. The van der Waals surface area contributed by atoms with Gasteiger partial charge in [-0.2, -0.15) is 4.98 Å². The summed E-state index contributed by atoms with van der Waals surface area (Å²) in [6.45, 7) is 3.62. The summed E-state index contributed by atoms with van der Waals surface area (Å²) in [6, 6.07) is 9.58. The Labute approximate surface area is 191 Å². The molecule has 0 aliphatic carbocycles. The lowest BCUT2D eigenvalue weighted by atomic mass is 10.1. The first-order valence-electron chi connectivity index (χ1n) is 10.8. The molecule has 4 aromatic heterocycles. The Bertz CT molecular complexity index is 1300. The summed E-state index contributed by atoms with van der Waals surface area (Å²) in [7, 11) is 1.62. The molecule has 0 radical (unpaired) electrons. The highest BCUT2D eigenvalue weighted by molar-refractivity contribution is 5.99. The van der Waals surface area contributed by atoms with E-state index >= 15 is 0 Å². The molecular formula is C24H24N6O3. The molecule has 4 aromatic rings. The van der Waals surface area contributed by atoms with Gasteiger partial charge >= 0.3 is 0 Å². The monoisotopic (exact) mass is 444 g/mol. The Hall–Kier alpha value is -3.85. The van der Waals surface area contributed by atoms with Gasteiger partial charge in [-0.05, 0) is 31.2 Å². The number of hydrogen-bond acceptors (Lipinski definition) is 7. The molecule has 1 aliphatic heterocycles. The molecule has 0 aromatic carbocycles. The molecule has 0 atom stereocenters. The molecule has 168 valence electrons. The number of aromatic nitrogens is 5. The number of fused-ring (bicyclic) bond motifs is 2. The van der Waals surface area contributed by atoms with Crippen LogP contribution in [-0.2, 0) is 17.7 Å². The normalized spacial score (nSPS) is 13.2. The predicted molar refractivity (Wildman–Crippen MR) is 121 cm³/mol. The summed E-state index contributed by atoms with van der Waals surface area (Å²) in [5, 5.41) is 0. The van der Waals surface area contributed by atoms with E-state index in [-0.39, 0.29) is 5.91 Å². The second-order valence-electron chi connectivity index (χ2n) is 7.87. The maximum absolute atomic E-state index is 13.3. The SMILES string of the molecule is COCCOc1nc(-c2ccc(C)nc2)nc2c1CN(C(=O)c1ncn3ccccc13)CC2. The Kier molecular flexibility index (Phi) is 5.70. The number of hydrogen-bond donors (Lipinski definition) is 0. The fourth-order valence-corrected chi connectivity index (χ4v) is 3.89. The number of aryl methyl sites for hydroxylation is 1. The molecule has 0 bridgehead atoms. The van der Waals surface area contributed by atoms with E-state index < -0.39 is 0 Å². The fraction of sp³-hybridized carbons (Fsp3) is 0.292. The van der Waals surface area contributed by atoms with E-state index in [1.54, 1.807) is 24.5 Å². The molecule has 33 heavy (non-hydrogen) atoms. The Morgan fingerprint density at radius 1 is 1.12 bits per heavy atom. The Morgan fingerprint density at radius 3 is 2.85 bits per heavy atom. The Balaban J connectivity index is 1.47. The maximum atomic E-state index is 13.3. The molecule has 0 fully saturated rings. The van der Waals surface area contributed by atoms with Gasteiger partial charge in [-0.1, -0.05) is 6.07 Å². The first-order chi connectivity index (χ1) is 16.1. The molecule has 0 spiro atoms. The first kappa shape index (κ1) is 21.0. The van der Waals surface area contributed by atoms with E-state index in [0.717, 1.165) is 28.0 Å². The number of rotatable bonds is 6. The fourth-order valence-electron chi connectivity index (χ4n) is 3.89. The van der Waals surface area contributed by atoms with Crippen molar-refractivity contribution in [2.24, 2.45) is 0 Å². The highest BCUT2D eigenvalue weighted by atomic mass is 16.5. The molecule has 0 N–H and O–H groups in total. The number of ether oxygens (including phenoxy) is 2. The minimum Gasteiger partial charge on any atom is -0.475 e. The van der Waals surface area contributed by atoms with E-state index in [1.165, 1.54) is 0 Å².